The van der Waals surface area contributed by atoms with Crippen molar-refractivity contribution in [3.8, 4) is 0 Å². The molecule has 0 saturated heterocycles. The molecule has 0 radical (unpaired) electrons. The van der Waals surface area contributed by atoms with Gasteiger partial charge in [-0.15, -0.1) is 0 Å². The van der Waals surface area contributed by atoms with E-state index in [1.807, 2.05) is 61.5 Å². The van der Waals surface area contributed by atoms with Crippen LogP contribution in [0.2, 0.25) is 0 Å². The zero-order chi connectivity index (χ0) is 16.2. The van der Waals surface area contributed by atoms with Gasteiger partial charge in [-0.1, -0.05) is 18.2 Å². The molecule has 3 rings (SSSR count). The third-order valence-corrected chi connectivity index (χ3v) is 3.52. The highest BCUT2D eigenvalue weighted by atomic mass is 15.3. The molecule has 0 bridgehead atoms. The summed E-state index contributed by atoms with van der Waals surface area (Å²) in [6, 6.07) is 12.0. The molecule has 0 unspecified atom stereocenters. The Morgan fingerprint density at radius 1 is 1.26 bits per heavy atom. The number of hydrogen-bond donors (Lipinski definition) is 2. The van der Waals surface area contributed by atoms with Crippen LogP contribution in [0.5, 0.6) is 0 Å². The van der Waals surface area contributed by atoms with Crippen molar-refractivity contribution in [3.63, 3.8) is 0 Å². The maximum atomic E-state index is 7.21. The van der Waals surface area contributed by atoms with E-state index in [4.69, 9.17) is 10.4 Å². The van der Waals surface area contributed by atoms with Gasteiger partial charge in [0.15, 0.2) is 5.65 Å². The fourth-order valence-corrected chi connectivity index (χ4v) is 2.17. The lowest BCUT2D eigenvalue weighted by Gasteiger charge is -2.18. The van der Waals surface area contributed by atoms with E-state index in [2.05, 4.69) is 10.4 Å². The molecule has 0 aliphatic heterocycles. The summed E-state index contributed by atoms with van der Waals surface area (Å²) in [5.41, 5.74) is 3.42. The van der Waals surface area contributed by atoms with Crippen LogP contribution in [0.4, 0.5) is 17.2 Å². The van der Waals surface area contributed by atoms with Crippen molar-refractivity contribution in [2.45, 2.75) is 6.92 Å². The van der Waals surface area contributed by atoms with Crippen LogP contribution < -0.4 is 10.2 Å². The molecule has 2 heterocycles. The number of rotatable bonds is 5. The molecule has 116 valence electrons. The SMILES string of the molecule is C/C(C=N)=C/Nc1cnn2ccc(N(C)c3ccccc3)nc12. The Hall–Kier alpha value is -3.15. The van der Waals surface area contributed by atoms with Crippen LogP contribution in [-0.4, -0.2) is 27.9 Å². The number of nitrogens with zero attached hydrogens (tertiary/aromatic N) is 4. The van der Waals surface area contributed by atoms with E-state index >= 15 is 0 Å². The van der Waals surface area contributed by atoms with Crippen LogP contribution >= 0.6 is 0 Å². The van der Waals surface area contributed by atoms with Crippen molar-refractivity contribution in [1.29, 1.82) is 5.41 Å². The third kappa shape index (κ3) is 3.06. The van der Waals surface area contributed by atoms with Gasteiger partial charge in [0.2, 0.25) is 0 Å². The van der Waals surface area contributed by atoms with E-state index in [9.17, 15) is 0 Å². The molecule has 6 nitrogen and oxygen atoms in total. The largest absolute Gasteiger partial charge is 0.357 e. The molecular weight excluding hydrogens is 288 g/mol. The molecule has 23 heavy (non-hydrogen) atoms. The Labute approximate surface area is 134 Å². The zero-order valence-corrected chi connectivity index (χ0v) is 13.1. The Morgan fingerprint density at radius 2 is 2.04 bits per heavy atom. The lowest BCUT2D eigenvalue weighted by Crippen LogP contribution is -2.11. The molecule has 1 aromatic carbocycles. The Bertz CT molecular complexity index is 850. The van der Waals surface area contributed by atoms with Crippen molar-refractivity contribution < 1.29 is 0 Å². The lowest BCUT2D eigenvalue weighted by atomic mass is 10.3. The zero-order valence-electron chi connectivity index (χ0n) is 13.1. The smallest absolute Gasteiger partial charge is 0.180 e. The minimum Gasteiger partial charge on any atom is -0.357 e. The highest BCUT2D eigenvalue weighted by molar-refractivity contribution is 5.77. The molecule has 0 fully saturated rings. The maximum Gasteiger partial charge on any atom is 0.180 e. The van der Waals surface area contributed by atoms with Gasteiger partial charge in [0.25, 0.3) is 0 Å². The Kier molecular flexibility index (Phi) is 4.05. The normalized spacial score (nSPS) is 11.5. The van der Waals surface area contributed by atoms with Crippen molar-refractivity contribution in [3.05, 3.63) is 60.6 Å². The van der Waals surface area contributed by atoms with Gasteiger partial charge in [-0.2, -0.15) is 5.10 Å². The lowest BCUT2D eigenvalue weighted by molar-refractivity contribution is 0.933. The van der Waals surface area contributed by atoms with E-state index in [-0.39, 0.29) is 0 Å². The standard InChI is InChI=1S/C17H18N6/c1-13(10-18)11-19-15-12-20-23-9-8-16(21-17(15)23)22(2)14-6-4-3-5-7-14/h3-12,18-19H,1-2H3/b13-11-,18-10?. The molecule has 2 N–H and O–H groups in total. The fourth-order valence-electron chi connectivity index (χ4n) is 2.17. The molecule has 0 atom stereocenters. The maximum absolute atomic E-state index is 7.21. The van der Waals surface area contributed by atoms with Crippen molar-refractivity contribution in [2.75, 3.05) is 17.3 Å². The van der Waals surface area contributed by atoms with Crippen molar-refractivity contribution >= 4 is 29.1 Å². The number of para-hydroxylation sites is 1. The monoisotopic (exact) mass is 306 g/mol. The van der Waals surface area contributed by atoms with Crippen molar-refractivity contribution in [2.24, 2.45) is 0 Å². The van der Waals surface area contributed by atoms with Gasteiger partial charge in [0.05, 0.1) is 6.20 Å². The molecule has 0 amide bonds. The van der Waals surface area contributed by atoms with E-state index in [0.717, 1.165) is 28.4 Å². The van der Waals surface area contributed by atoms with E-state index < -0.39 is 0 Å². The summed E-state index contributed by atoms with van der Waals surface area (Å²) >= 11 is 0. The summed E-state index contributed by atoms with van der Waals surface area (Å²) in [6.07, 6.45) is 6.66. The average molecular weight is 306 g/mol. The predicted molar refractivity (Wildman–Crippen MR) is 93.7 cm³/mol. The van der Waals surface area contributed by atoms with Gasteiger partial charge in [-0.3, -0.25) is 0 Å². The van der Waals surface area contributed by atoms with Crippen LogP contribution in [-0.2, 0) is 0 Å². The van der Waals surface area contributed by atoms with Gasteiger partial charge in [0.1, 0.15) is 11.5 Å². The first kappa shape index (κ1) is 14.8. The number of benzene rings is 1. The minimum absolute atomic E-state index is 0.735. The first-order valence-electron chi connectivity index (χ1n) is 7.26. The highest BCUT2D eigenvalue weighted by Gasteiger charge is 2.09. The minimum atomic E-state index is 0.735. The summed E-state index contributed by atoms with van der Waals surface area (Å²) < 4.78 is 1.72. The Balaban J connectivity index is 1.96. The van der Waals surface area contributed by atoms with Gasteiger partial charge in [-0.25, -0.2) is 9.50 Å². The number of nitrogens with one attached hydrogen (secondary N) is 2. The molecule has 0 aliphatic rings. The van der Waals surface area contributed by atoms with Gasteiger partial charge >= 0.3 is 0 Å². The van der Waals surface area contributed by atoms with E-state index in [0.29, 0.717) is 0 Å². The summed E-state index contributed by atoms with van der Waals surface area (Å²) in [5.74, 6) is 0.833. The second-order valence-electron chi connectivity index (χ2n) is 5.18. The predicted octanol–water partition coefficient (Wildman–Crippen LogP) is 3.46. The fraction of sp³-hybridized carbons (Fsp3) is 0.118. The summed E-state index contributed by atoms with van der Waals surface area (Å²) in [7, 11) is 1.98. The molecule has 2 aromatic heterocycles. The second kappa shape index (κ2) is 6.31. The average Bonchev–Trinajstić information content (AvgIpc) is 3.02. The first-order valence-corrected chi connectivity index (χ1v) is 7.26. The molecular formula is C17H18N6. The number of fused-ring (bicyclic) bond motifs is 1. The van der Waals surface area contributed by atoms with Crippen LogP contribution in [0.3, 0.4) is 0 Å². The molecule has 0 aliphatic carbocycles. The van der Waals surface area contributed by atoms with Crippen LogP contribution in [0.1, 0.15) is 6.92 Å². The summed E-state index contributed by atoms with van der Waals surface area (Å²) in [6.45, 7) is 1.85. The topological polar surface area (TPSA) is 69.3 Å². The molecule has 0 spiro atoms. The van der Waals surface area contributed by atoms with E-state index in [1.54, 1.807) is 16.9 Å². The Morgan fingerprint density at radius 3 is 2.78 bits per heavy atom. The number of allylic oxidation sites excluding steroid dienone is 1. The molecule has 3 aromatic rings. The van der Waals surface area contributed by atoms with Gasteiger partial charge in [-0.05, 0) is 30.7 Å². The van der Waals surface area contributed by atoms with Crippen LogP contribution in [0.25, 0.3) is 5.65 Å². The number of hydrogen-bond acceptors (Lipinski definition) is 5. The van der Waals surface area contributed by atoms with Crippen LogP contribution in [0.15, 0.2) is 60.6 Å². The number of aromatic nitrogens is 3. The van der Waals surface area contributed by atoms with E-state index in [1.165, 1.54) is 6.21 Å². The molecule has 0 saturated carbocycles. The molecule has 6 heteroatoms. The van der Waals surface area contributed by atoms with Crippen LogP contribution in [0, 0.1) is 5.41 Å². The summed E-state index contributed by atoms with van der Waals surface area (Å²) in [5, 5.41) is 14.6. The third-order valence-electron chi connectivity index (χ3n) is 3.52. The quantitative estimate of drug-likeness (QED) is 0.708. The van der Waals surface area contributed by atoms with Gasteiger partial charge < -0.3 is 15.6 Å². The van der Waals surface area contributed by atoms with Gasteiger partial charge in [0, 0.05) is 31.3 Å². The highest BCUT2D eigenvalue weighted by Crippen LogP contribution is 2.23. The van der Waals surface area contributed by atoms with Crippen molar-refractivity contribution in [1.82, 2.24) is 14.6 Å². The summed E-state index contributed by atoms with van der Waals surface area (Å²) in [4.78, 5) is 6.72. The number of anilines is 3. The second-order valence-corrected chi connectivity index (χ2v) is 5.18. The first-order chi connectivity index (χ1) is 11.2.